The zero-order valence-electron chi connectivity index (χ0n) is 8.49. The molecule has 2 aromatic rings. The van der Waals surface area contributed by atoms with E-state index in [2.05, 4.69) is 47.8 Å². The Balaban J connectivity index is 2.44. The molecule has 0 aliphatic rings. The summed E-state index contributed by atoms with van der Waals surface area (Å²) < 4.78 is 44.5. The van der Waals surface area contributed by atoms with E-state index in [1.807, 2.05) is 0 Å². The van der Waals surface area contributed by atoms with Gasteiger partial charge in [-0.25, -0.2) is 0 Å². The van der Waals surface area contributed by atoms with Gasteiger partial charge in [-0.1, -0.05) is 12.1 Å². The molecule has 18 heavy (non-hydrogen) atoms. The summed E-state index contributed by atoms with van der Waals surface area (Å²) in [6.45, 7) is 0. The average Bonchev–Trinajstić information content (AvgIpc) is 2.56. The Labute approximate surface area is 126 Å². The Kier molecular flexibility index (Phi) is 3.94. The van der Waals surface area contributed by atoms with Crippen LogP contribution < -0.4 is 0 Å². The first kappa shape index (κ1) is 14.1. The molecule has 1 nitrogen and oxygen atoms in total. The molecule has 1 heterocycles. The quantitative estimate of drug-likeness (QED) is 0.502. The maximum atomic E-state index is 12.4. The Hall–Kier alpha value is -0.270. The van der Waals surface area contributed by atoms with Crippen molar-refractivity contribution in [3.05, 3.63) is 43.4 Å². The highest BCUT2D eigenvalue weighted by molar-refractivity contribution is 9.14. The van der Waals surface area contributed by atoms with E-state index in [1.54, 1.807) is 0 Å². The highest BCUT2D eigenvalue weighted by atomic mass is 79.9. The molecule has 0 amide bonds. The van der Waals surface area contributed by atoms with Gasteiger partial charge in [-0.05, 0) is 59.9 Å². The molecule has 7 heteroatoms. The Morgan fingerprint density at radius 1 is 0.889 bits per heavy atom. The van der Waals surface area contributed by atoms with E-state index in [9.17, 15) is 13.2 Å². The van der Waals surface area contributed by atoms with Crippen molar-refractivity contribution in [3.63, 3.8) is 0 Å². The van der Waals surface area contributed by atoms with Gasteiger partial charge in [0.2, 0.25) is 0 Å². The average molecular weight is 449 g/mol. The molecule has 0 spiro atoms. The fourth-order valence-electron chi connectivity index (χ4n) is 1.36. The molecule has 1 aromatic heterocycles. The Morgan fingerprint density at radius 3 is 1.83 bits per heavy atom. The first-order valence-corrected chi connectivity index (χ1v) is 6.99. The van der Waals surface area contributed by atoms with E-state index in [1.165, 1.54) is 12.1 Å². The molecule has 2 rings (SSSR count). The lowest BCUT2D eigenvalue weighted by atomic mass is 10.1. The van der Waals surface area contributed by atoms with Crippen LogP contribution in [0.3, 0.4) is 0 Å². The van der Waals surface area contributed by atoms with Crippen molar-refractivity contribution >= 4 is 47.8 Å². The molecule has 0 bridgehead atoms. The zero-order valence-corrected chi connectivity index (χ0v) is 13.2. The minimum absolute atomic E-state index is 0.461. The number of hydrogen-bond donors (Lipinski definition) is 0. The molecule has 0 unspecified atom stereocenters. The second-order valence-electron chi connectivity index (χ2n) is 3.41. The van der Waals surface area contributed by atoms with E-state index in [0.29, 0.717) is 24.9 Å². The van der Waals surface area contributed by atoms with Gasteiger partial charge in [-0.3, -0.25) is 0 Å². The van der Waals surface area contributed by atoms with Gasteiger partial charge in [0.25, 0.3) is 0 Å². The van der Waals surface area contributed by atoms with E-state index >= 15 is 0 Å². The lowest BCUT2D eigenvalue weighted by Crippen LogP contribution is -2.03. The van der Waals surface area contributed by atoms with Crippen LogP contribution in [-0.4, -0.2) is 0 Å². The summed E-state index contributed by atoms with van der Waals surface area (Å²) in [5.41, 5.74) is -0.131. The minimum Gasteiger partial charge on any atom is -0.447 e. The van der Waals surface area contributed by atoms with Crippen molar-refractivity contribution in [2.24, 2.45) is 0 Å². The molecule has 0 aliphatic heterocycles. The lowest BCUT2D eigenvalue weighted by molar-refractivity contribution is -0.137. The van der Waals surface area contributed by atoms with Gasteiger partial charge in [-0.15, -0.1) is 0 Å². The van der Waals surface area contributed by atoms with Crippen molar-refractivity contribution in [2.45, 2.75) is 6.18 Å². The van der Waals surface area contributed by atoms with Gasteiger partial charge in [0.1, 0.15) is 0 Å². The van der Waals surface area contributed by atoms with E-state index in [-0.39, 0.29) is 0 Å². The largest absolute Gasteiger partial charge is 0.447 e. The van der Waals surface area contributed by atoms with Crippen LogP contribution in [0.1, 0.15) is 5.56 Å². The number of furan rings is 1. The summed E-state index contributed by atoms with van der Waals surface area (Å²) in [6, 6.07) is 4.77. The summed E-state index contributed by atoms with van der Waals surface area (Å²) in [5, 5.41) is 0. The van der Waals surface area contributed by atoms with Crippen LogP contribution in [0.15, 0.2) is 42.3 Å². The predicted molar refractivity (Wildman–Crippen MR) is 72.2 cm³/mol. The third kappa shape index (κ3) is 2.67. The van der Waals surface area contributed by atoms with Crippen molar-refractivity contribution in [1.29, 1.82) is 0 Å². The van der Waals surface area contributed by atoms with Gasteiger partial charge >= 0.3 is 6.18 Å². The molecule has 96 valence electrons. The summed E-state index contributed by atoms with van der Waals surface area (Å²) in [4.78, 5) is 0. The Bertz CT molecular complexity index is 572. The predicted octanol–water partition coefficient (Wildman–Crippen LogP) is 6.25. The molecule has 0 saturated carbocycles. The molecule has 0 aliphatic carbocycles. The monoisotopic (exact) mass is 446 g/mol. The molecular weight excluding hydrogens is 445 g/mol. The fourth-order valence-corrected chi connectivity index (χ4v) is 2.74. The highest BCUT2D eigenvalue weighted by Crippen LogP contribution is 2.42. The zero-order chi connectivity index (χ0) is 13.5. The number of benzene rings is 1. The molecule has 1 aromatic carbocycles. The van der Waals surface area contributed by atoms with Crippen molar-refractivity contribution in [1.82, 2.24) is 0 Å². The number of rotatable bonds is 1. The normalized spacial score (nSPS) is 11.9. The fraction of sp³-hybridized carbons (Fsp3) is 0.0909. The smallest absolute Gasteiger partial charge is 0.416 e. The molecule has 0 N–H and O–H groups in total. The highest BCUT2D eigenvalue weighted by Gasteiger charge is 2.30. The van der Waals surface area contributed by atoms with Gasteiger partial charge in [-0.2, -0.15) is 13.2 Å². The van der Waals surface area contributed by atoms with Crippen LogP contribution in [0, 0.1) is 0 Å². The van der Waals surface area contributed by atoms with Crippen LogP contribution in [0.4, 0.5) is 13.2 Å². The first-order chi connectivity index (χ1) is 8.30. The van der Waals surface area contributed by atoms with Crippen molar-refractivity contribution in [3.8, 4) is 11.3 Å². The first-order valence-electron chi connectivity index (χ1n) is 4.61. The number of hydrogen-bond acceptors (Lipinski definition) is 1. The maximum Gasteiger partial charge on any atom is 0.416 e. The third-order valence-electron chi connectivity index (χ3n) is 2.23. The van der Waals surface area contributed by atoms with Gasteiger partial charge < -0.3 is 4.42 Å². The summed E-state index contributed by atoms with van der Waals surface area (Å²) in [5.74, 6) is 0.461. The molecule has 0 radical (unpaired) electrons. The van der Waals surface area contributed by atoms with Crippen LogP contribution >= 0.6 is 47.8 Å². The lowest BCUT2D eigenvalue weighted by Gasteiger charge is -2.06. The van der Waals surface area contributed by atoms with Crippen LogP contribution in [0.5, 0.6) is 0 Å². The van der Waals surface area contributed by atoms with Crippen molar-refractivity contribution < 1.29 is 17.6 Å². The van der Waals surface area contributed by atoms with Crippen molar-refractivity contribution in [2.75, 3.05) is 0 Å². The second-order valence-corrected chi connectivity index (χ2v) is 5.71. The van der Waals surface area contributed by atoms with Crippen LogP contribution in [0.2, 0.25) is 0 Å². The van der Waals surface area contributed by atoms with E-state index in [0.717, 1.165) is 12.1 Å². The minimum atomic E-state index is -4.33. The third-order valence-corrected chi connectivity index (χ3v) is 5.37. The SMILES string of the molecule is FC(F)(F)c1ccc(-c2oc(Br)c(Br)c2Br)cc1. The summed E-state index contributed by atoms with van der Waals surface area (Å²) in [6.07, 6.45) is -4.33. The summed E-state index contributed by atoms with van der Waals surface area (Å²) in [7, 11) is 0. The molecular formula is C11H4Br3F3O. The topological polar surface area (TPSA) is 13.1 Å². The maximum absolute atomic E-state index is 12.4. The summed E-state index contributed by atoms with van der Waals surface area (Å²) >= 11 is 9.77. The van der Waals surface area contributed by atoms with E-state index in [4.69, 9.17) is 4.42 Å². The van der Waals surface area contributed by atoms with Crippen LogP contribution in [0.25, 0.3) is 11.3 Å². The van der Waals surface area contributed by atoms with Gasteiger partial charge in [0.05, 0.1) is 14.5 Å². The van der Waals surface area contributed by atoms with Gasteiger partial charge in [0, 0.05) is 5.56 Å². The molecule has 0 fully saturated rings. The molecule has 0 atom stereocenters. The number of alkyl halides is 3. The molecule has 0 saturated heterocycles. The standard InChI is InChI=1S/C11H4Br3F3O/c12-7-8(13)10(14)18-9(7)5-1-3-6(4-2-5)11(15,16)17/h1-4H. The number of halogens is 6. The van der Waals surface area contributed by atoms with E-state index < -0.39 is 11.7 Å². The second kappa shape index (κ2) is 5.02. The Morgan fingerprint density at radius 2 is 1.44 bits per heavy atom. The van der Waals surface area contributed by atoms with Gasteiger partial charge in [0.15, 0.2) is 10.4 Å². The van der Waals surface area contributed by atoms with Crippen LogP contribution in [-0.2, 0) is 6.18 Å².